The van der Waals surface area contributed by atoms with Crippen molar-refractivity contribution in [3.63, 3.8) is 0 Å². The van der Waals surface area contributed by atoms with E-state index >= 15 is 0 Å². The van der Waals surface area contributed by atoms with E-state index in [1.165, 1.54) is 18.4 Å². The molecule has 0 aromatic rings. The largest absolute Gasteiger partial charge is 0.295 e. The van der Waals surface area contributed by atoms with Gasteiger partial charge in [0, 0.05) is 5.92 Å². The van der Waals surface area contributed by atoms with Gasteiger partial charge in [-0.3, -0.25) is 4.79 Å². The van der Waals surface area contributed by atoms with E-state index < -0.39 is 0 Å². The van der Waals surface area contributed by atoms with E-state index in [-0.39, 0.29) is 11.2 Å². The van der Waals surface area contributed by atoms with Crippen molar-refractivity contribution in [1.29, 1.82) is 0 Å². The Bertz CT molecular complexity index is 345. The molecule has 0 bridgehead atoms. The summed E-state index contributed by atoms with van der Waals surface area (Å²) in [5, 5.41) is 0. The number of carbonyl (C=O) groups excluding carboxylic acids is 1. The van der Waals surface area contributed by atoms with Gasteiger partial charge in [-0.05, 0) is 44.1 Å². The molecule has 0 aromatic carbocycles. The molecule has 1 heteroatoms. The molecule has 1 aliphatic rings. The van der Waals surface area contributed by atoms with Gasteiger partial charge in [0.05, 0.1) is 0 Å². The van der Waals surface area contributed by atoms with Crippen molar-refractivity contribution in [2.24, 2.45) is 11.3 Å². The van der Waals surface area contributed by atoms with Crippen LogP contribution in [0.3, 0.4) is 0 Å². The van der Waals surface area contributed by atoms with Crippen LogP contribution in [0.1, 0.15) is 60.3 Å². The van der Waals surface area contributed by atoms with Gasteiger partial charge in [0.15, 0.2) is 5.78 Å². The molecule has 0 saturated heterocycles. The molecule has 0 aliphatic heterocycles. The van der Waals surface area contributed by atoms with E-state index in [0.717, 1.165) is 18.4 Å². The maximum absolute atomic E-state index is 11.6. The molecule has 0 amide bonds. The Morgan fingerprint density at radius 3 is 2.65 bits per heavy atom. The SMILES string of the molecule is CCC/C(=C\C1C(C)=CCCC1(C)C)C(C)=O. The lowest BCUT2D eigenvalue weighted by molar-refractivity contribution is -0.113. The predicted molar refractivity (Wildman–Crippen MR) is 73.9 cm³/mol. The lowest BCUT2D eigenvalue weighted by Crippen LogP contribution is -2.27. The molecule has 0 fully saturated rings. The Balaban J connectivity index is 3.03. The first kappa shape index (κ1) is 14.2. The molecule has 0 saturated carbocycles. The number of hydrogen-bond donors (Lipinski definition) is 0. The summed E-state index contributed by atoms with van der Waals surface area (Å²) in [6.07, 6.45) is 8.90. The minimum absolute atomic E-state index is 0.237. The maximum Gasteiger partial charge on any atom is 0.155 e. The molecule has 1 nitrogen and oxygen atoms in total. The van der Waals surface area contributed by atoms with Crippen LogP contribution in [0.5, 0.6) is 0 Å². The summed E-state index contributed by atoms with van der Waals surface area (Å²) in [5.41, 5.74) is 2.73. The second kappa shape index (κ2) is 5.66. The van der Waals surface area contributed by atoms with Crippen LogP contribution in [0.2, 0.25) is 0 Å². The minimum Gasteiger partial charge on any atom is -0.295 e. The zero-order valence-electron chi connectivity index (χ0n) is 12.0. The van der Waals surface area contributed by atoms with Crippen LogP contribution in [0, 0.1) is 11.3 Å². The molecule has 1 atom stereocenters. The zero-order valence-corrected chi connectivity index (χ0v) is 12.0. The number of rotatable bonds is 4. The third-order valence-corrected chi connectivity index (χ3v) is 3.93. The Labute approximate surface area is 106 Å². The normalized spacial score (nSPS) is 24.4. The van der Waals surface area contributed by atoms with Crippen LogP contribution in [-0.2, 0) is 4.79 Å². The number of Topliss-reactive ketones (excluding diaryl/α,β-unsaturated/α-hetero) is 1. The van der Waals surface area contributed by atoms with E-state index in [0.29, 0.717) is 5.92 Å². The van der Waals surface area contributed by atoms with Crippen molar-refractivity contribution >= 4 is 5.78 Å². The van der Waals surface area contributed by atoms with Gasteiger partial charge in [-0.1, -0.05) is 44.9 Å². The molecule has 1 aliphatic carbocycles. The molecular weight excluding hydrogens is 208 g/mol. The molecule has 0 radical (unpaired) electrons. The van der Waals surface area contributed by atoms with Gasteiger partial charge in [-0.15, -0.1) is 0 Å². The van der Waals surface area contributed by atoms with Crippen molar-refractivity contribution < 1.29 is 4.79 Å². The van der Waals surface area contributed by atoms with Crippen LogP contribution in [0.25, 0.3) is 0 Å². The monoisotopic (exact) mass is 234 g/mol. The van der Waals surface area contributed by atoms with Crippen molar-refractivity contribution in [2.75, 3.05) is 0 Å². The Morgan fingerprint density at radius 2 is 2.18 bits per heavy atom. The Morgan fingerprint density at radius 1 is 1.53 bits per heavy atom. The fourth-order valence-corrected chi connectivity index (χ4v) is 2.77. The van der Waals surface area contributed by atoms with E-state index in [1.807, 2.05) is 0 Å². The van der Waals surface area contributed by atoms with Crippen LogP contribution >= 0.6 is 0 Å². The summed E-state index contributed by atoms with van der Waals surface area (Å²) in [4.78, 5) is 11.6. The summed E-state index contributed by atoms with van der Waals surface area (Å²) in [7, 11) is 0. The first-order valence-corrected chi connectivity index (χ1v) is 6.76. The van der Waals surface area contributed by atoms with Gasteiger partial charge in [0.2, 0.25) is 0 Å². The summed E-state index contributed by atoms with van der Waals surface area (Å²) in [6, 6.07) is 0. The van der Waals surface area contributed by atoms with Crippen LogP contribution < -0.4 is 0 Å². The smallest absolute Gasteiger partial charge is 0.155 e. The van der Waals surface area contributed by atoms with Crippen molar-refractivity contribution in [2.45, 2.75) is 60.3 Å². The van der Waals surface area contributed by atoms with Gasteiger partial charge in [-0.2, -0.15) is 0 Å². The van der Waals surface area contributed by atoms with E-state index in [1.54, 1.807) is 6.92 Å². The highest BCUT2D eigenvalue weighted by molar-refractivity contribution is 5.93. The standard InChI is InChI=1S/C16H26O/c1-6-8-14(13(3)17)11-15-12(2)9-7-10-16(15,4)5/h9,11,15H,6-8,10H2,1-5H3/b14-11+. The average Bonchev–Trinajstić information content (AvgIpc) is 2.21. The molecule has 96 valence electrons. The van der Waals surface area contributed by atoms with Crippen LogP contribution in [-0.4, -0.2) is 5.78 Å². The summed E-state index contributed by atoms with van der Waals surface area (Å²) in [5.74, 6) is 0.669. The highest BCUT2D eigenvalue weighted by Crippen LogP contribution is 2.42. The quantitative estimate of drug-likeness (QED) is 0.509. The number of ketones is 1. The number of carbonyl (C=O) groups is 1. The van der Waals surface area contributed by atoms with Crippen LogP contribution in [0.15, 0.2) is 23.3 Å². The number of hydrogen-bond acceptors (Lipinski definition) is 1. The molecule has 1 rings (SSSR count). The van der Waals surface area contributed by atoms with Gasteiger partial charge < -0.3 is 0 Å². The molecule has 1 unspecified atom stereocenters. The third-order valence-electron chi connectivity index (χ3n) is 3.93. The highest BCUT2D eigenvalue weighted by atomic mass is 16.1. The molecule has 0 heterocycles. The van der Waals surface area contributed by atoms with Gasteiger partial charge in [-0.25, -0.2) is 0 Å². The van der Waals surface area contributed by atoms with E-state index in [4.69, 9.17) is 0 Å². The van der Waals surface area contributed by atoms with Gasteiger partial charge in [0.25, 0.3) is 0 Å². The maximum atomic E-state index is 11.6. The van der Waals surface area contributed by atoms with Crippen molar-refractivity contribution in [3.05, 3.63) is 23.3 Å². The lowest BCUT2D eigenvalue weighted by Gasteiger charge is -2.37. The molecule has 17 heavy (non-hydrogen) atoms. The third kappa shape index (κ3) is 3.55. The first-order valence-electron chi connectivity index (χ1n) is 6.76. The van der Waals surface area contributed by atoms with Gasteiger partial charge >= 0.3 is 0 Å². The topological polar surface area (TPSA) is 17.1 Å². The summed E-state index contributed by atoms with van der Waals surface area (Å²) in [6.45, 7) is 10.6. The predicted octanol–water partition coefficient (Wildman–Crippen LogP) is 4.68. The van der Waals surface area contributed by atoms with Crippen molar-refractivity contribution in [3.8, 4) is 0 Å². The minimum atomic E-state index is 0.237. The average molecular weight is 234 g/mol. The first-order chi connectivity index (χ1) is 7.88. The fourth-order valence-electron chi connectivity index (χ4n) is 2.77. The second-order valence-corrected chi connectivity index (χ2v) is 5.95. The van der Waals surface area contributed by atoms with Gasteiger partial charge in [0.1, 0.15) is 0 Å². The molecule has 0 aromatic heterocycles. The fraction of sp³-hybridized carbons (Fsp3) is 0.688. The van der Waals surface area contributed by atoms with Crippen LogP contribution in [0.4, 0.5) is 0 Å². The summed E-state index contributed by atoms with van der Waals surface area (Å²) >= 11 is 0. The second-order valence-electron chi connectivity index (χ2n) is 5.95. The molecule has 0 N–H and O–H groups in total. The zero-order chi connectivity index (χ0) is 13.1. The molecule has 0 spiro atoms. The Kier molecular flexibility index (Phi) is 4.73. The summed E-state index contributed by atoms with van der Waals surface area (Å²) < 4.78 is 0. The Hall–Kier alpha value is -0.850. The van der Waals surface area contributed by atoms with Crippen molar-refractivity contribution in [1.82, 2.24) is 0 Å². The number of allylic oxidation sites excluding steroid dienone is 4. The lowest BCUT2D eigenvalue weighted by atomic mass is 9.68. The molecular formula is C16H26O. The van der Waals surface area contributed by atoms with E-state index in [9.17, 15) is 4.79 Å². The highest BCUT2D eigenvalue weighted by Gasteiger charge is 2.31. The van der Waals surface area contributed by atoms with E-state index in [2.05, 4.69) is 39.8 Å².